The Morgan fingerprint density at radius 3 is 2.77 bits per heavy atom. The summed E-state index contributed by atoms with van der Waals surface area (Å²) < 4.78 is 37.7. The number of non-ortho nitro benzene ring substituents is 1. The summed E-state index contributed by atoms with van der Waals surface area (Å²) in [6, 6.07) is 3.02. The minimum absolute atomic E-state index is 0.0422. The molecule has 0 saturated carbocycles. The molecule has 0 heterocycles. The Bertz CT molecular complexity index is 575. The molecule has 0 bridgehead atoms. The minimum Gasteiger partial charge on any atom is -0.494 e. The molecule has 1 aromatic rings. The van der Waals surface area contributed by atoms with Crippen LogP contribution in [0.25, 0.3) is 0 Å². The number of nitrogens with zero attached hydrogens (tertiary/aromatic N) is 2. The van der Waals surface area contributed by atoms with E-state index < -0.39 is 30.1 Å². The van der Waals surface area contributed by atoms with Gasteiger partial charge in [-0.3, -0.25) is 10.1 Å². The van der Waals surface area contributed by atoms with Crippen LogP contribution >= 0.6 is 0 Å². The fourth-order valence-electron chi connectivity index (χ4n) is 1.73. The van der Waals surface area contributed by atoms with E-state index in [9.17, 15) is 18.9 Å². The minimum atomic E-state index is -3.52. The molecule has 0 aliphatic rings. The summed E-state index contributed by atoms with van der Waals surface area (Å²) in [5, 5.41) is 19.1. The van der Waals surface area contributed by atoms with Gasteiger partial charge in [0.15, 0.2) is 0 Å². The molecule has 9 heteroatoms. The van der Waals surface area contributed by atoms with Crippen molar-refractivity contribution in [2.75, 3.05) is 19.8 Å². The highest BCUT2D eigenvalue weighted by atomic mass is 19.3. The van der Waals surface area contributed by atoms with Gasteiger partial charge >= 0.3 is 0 Å². The van der Waals surface area contributed by atoms with Gasteiger partial charge in [0.2, 0.25) is 0 Å². The molecule has 1 aromatic carbocycles. The molecule has 0 aromatic heterocycles. The van der Waals surface area contributed by atoms with E-state index >= 15 is 0 Å². The number of hydrogen-bond donors (Lipinski definition) is 1. The Morgan fingerprint density at radius 2 is 2.23 bits per heavy atom. The first-order valence-electron chi connectivity index (χ1n) is 6.32. The van der Waals surface area contributed by atoms with Crippen LogP contribution in [0.5, 0.6) is 5.75 Å². The van der Waals surface area contributed by atoms with Crippen LogP contribution in [0.1, 0.15) is 18.5 Å². The summed E-state index contributed by atoms with van der Waals surface area (Å²) in [5.74, 6) is -3.47. The highest BCUT2D eigenvalue weighted by Crippen LogP contribution is 2.36. The summed E-state index contributed by atoms with van der Waals surface area (Å²) in [6.45, 7) is 0.254. The fraction of sp³-hybridized carbons (Fsp3) is 0.462. The Morgan fingerprint density at radius 1 is 1.55 bits per heavy atom. The first-order valence-corrected chi connectivity index (χ1v) is 6.32. The van der Waals surface area contributed by atoms with Gasteiger partial charge in [0.25, 0.3) is 11.6 Å². The maximum Gasteiger partial charge on any atom is 0.289 e. The van der Waals surface area contributed by atoms with Crippen LogP contribution in [0.15, 0.2) is 18.2 Å². The number of nitriles is 1. The summed E-state index contributed by atoms with van der Waals surface area (Å²) in [6.07, 6.45) is 0. The van der Waals surface area contributed by atoms with Gasteiger partial charge in [-0.15, -0.1) is 0 Å². The van der Waals surface area contributed by atoms with Crippen molar-refractivity contribution in [2.24, 2.45) is 5.73 Å². The lowest BCUT2D eigenvalue weighted by Gasteiger charge is -2.24. The predicted octanol–water partition coefficient (Wildman–Crippen LogP) is 2.17. The Kier molecular flexibility index (Phi) is 6.15. The van der Waals surface area contributed by atoms with Gasteiger partial charge < -0.3 is 15.2 Å². The molecule has 1 atom stereocenters. The van der Waals surface area contributed by atoms with Crippen molar-refractivity contribution in [2.45, 2.75) is 18.9 Å². The fourth-order valence-corrected chi connectivity index (χ4v) is 1.73. The van der Waals surface area contributed by atoms with Crippen molar-refractivity contribution in [3.63, 3.8) is 0 Å². The Balaban J connectivity index is 3.12. The summed E-state index contributed by atoms with van der Waals surface area (Å²) >= 11 is 0. The number of halogens is 2. The van der Waals surface area contributed by atoms with Gasteiger partial charge in [-0.1, -0.05) is 0 Å². The molecule has 2 N–H and O–H groups in total. The van der Waals surface area contributed by atoms with E-state index in [1.807, 2.05) is 0 Å². The Labute approximate surface area is 125 Å². The first-order chi connectivity index (χ1) is 10.3. The smallest absolute Gasteiger partial charge is 0.289 e. The number of nitro benzene ring substituents is 1. The topological polar surface area (TPSA) is 111 Å². The maximum absolute atomic E-state index is 14.0. The van der Waals surface area contributed by atoms with Gasteiger partial charge in [0.05, 0.1) is 17.6 Å². The summed E-state index contributed by atoms with van der Waals surface area (Å²) in [7, 11) is 0. The number of nitro groups is 1. The number of nitrogens with two attached hydrogens (primary N) is 1. The third-order valence-corrected chi connectivity index (χ3v) is 2.76. The third-order valence-electron chi connectivity index (χ3n) is 2.76. The highest BCUT2D eigenvalue weighted by molar-refractivity contribution is 5.46. The monoisotopic (exact) mass is 315 g/mol. The van der Waals surface area contributed by atoms with E-state index in [1.165, 1.54) is 6.07 Å². The van der Waals surface area contributed by atoms with Crippen LogP contribution in [-0.4, -0.2) is 30.7 Å². The van der Waals surface area contributed by atoms with Crippen LogP contribution in [-0.2, 0) is 4.74 Å². The summed E-state index contributed by atoms with van der Waals surface area (Å²) in [4.78, 5) is 10.1. The van der Waals surface area contributed by atoms with Crippen molar-refractivity contribution in [1.29, 1.82) is 5.26 Å². The van der Waals surface area contributed by atoms with Crippen LogP contribution in [0.2, 0.25) is 0 Å². The van der Waals surface area contributed by atoms with Crippen molar-refractivity contribution in [1.82, 2.24) is 0 Å². The third kappa shape index (κ3) is 4.34. The van der Waals surface area contributed by atoms with Gasteiger partial charge in [-0.2, -0.15) is 5.26 Å². The van der Waals surface area contributed by atoms with Crippen molar-refractivity contribution in [3.05, 3.63) is 33.9 Å². The maximum atomic E-state index is 14.0. The molecule has 0 spiro atoms. The van der Waals surface area contributed by atoms with E-state index in [2.05, 4.69) is 4.74 Å². The molecule has 7 nitrogen and oxygen atoms in total. The first kappa shape index (κ1) is 17.7. The molecule has 22 heavy (non-hydrogen) atoms. The van der Waals surface area contributed by atoms with Crippen LogP contribution < -0.4 is 10.5 Å². The van der Waals surface area contributed by atoms with Gasteiger partial charge in [0, 0.05) is 17.7 Å². The molecule has 0 amide bonds. The molecule has 1 unspecified atom stereocenters. The van der Waals surface area contributed by atoms with Crippen molar-refractivity contribution >= 4 is 5.69 Å². The Hall–Kier alpha value is -2.31. The second-order valence-corrected chi connectivity index (χ2v) is 4.30. The highest BCUT2D eigenvalue weighted by Gasteiger charge is 2.40. The van der Waals surface area contributed by atoms with E-state index in [4.69, 9.17) is 15.7 Å². The molecule has 0 fully saturated rings. The van der Waals surface area contributed by atoms with E-state index in [-0.39, 0.29) is 23.6 Å². The number of benzene rings is 1. The quantitative estimate of drug-likeness (QED) is 0.447. The SMILES string of the molecule is CCOc1ccc([N+](=O)[O-])cc1C(N)C(F)(F)COCC#N. The molecular formula is C13H15F2N3O4. The number of hydrogen-bond acceptors (Lipinski definition) is 6. The molecular weight excluding hydrogens is 300 g/mol. The summed E-state index contributed by atoms with van der Waals surface area (Å²) in [5.41, 5.74) is 4.97. The van der Waals surface area contributed by atoms with Gasteiger partial charge in [0.1, 0.15) is 25.0 Å². The lowest BCUT2D eigenvalue weighted by atomic mass is 10.00. The van der Waals surface area contributed by atoms with Crippen molar-refractivity contribution < 1.29 is 23.2 Å². The van der Waals surface area contributed by atoms with Gasteiger partial charge in [-0.05, 0) is 13.0 Å². The molecule has 0 radical (unpaired) electrons. The number of rotatable bonds is 8. The van der Waals surface area contributed by atoms with Gasteiger partial charge in [-0.25, -0.2) is 8.78 Å². The molecule has 0 aliphatic heterocycles. The zero-order valence-electron chi connectivity index (χ0n) is 11.8. The second kappa shape index (κ2) is 7.63. The zero-order valence-corrected chi connectivity index (χ0v) is 11.8. The number of ether oxygens (including phenoxy) is 2. The average Bonchev–Trinajstić information content (AvgIpc) is 2.47. The van der Waals surface area contributed by atoms with Crippen LogP contribution in [0.4, 0.5) is 14.5 Å². The average molecular weight is 315 g/mol. The lowest BCUT2D eigenvalue weighted by molar-refractivity contribution is -0.385. The molecule has 1 rings (SSSR count). The standard InChI is InChI=1S/C13H15F2N3O4/c1-2-22-11-4-3-9(18(19)20)7-10(11)12(17)13(14,15)8-21-6-5-16/h3-4,7,12H,2,6,8,17H2,1H3. The van der Waals surface area contributed by atoms with Crippen LogP contribution in [0, 0.1) is 21.4 Å². The van der Waals surface area contributed by atoms with Crippen molar-refractivity contribution in [3.8, 4) is 11.8 Å². The van der Waals surface area contributed by atoms with Crippen LogP contribution in [0.3, 0.4) is 0 Å². The second-order valence-electron chi connectivity index (χ2n) is 4.30. The molecule has 0 aliphatic carbocycles. The predicted molar refractivity (Wildman–Crippen MR) is 72.6 cm³/mol. The largest absolute Gasteiger partial charge is 0.494 e. The van der Waals surface area contributed by atoms with E-state index in [0.717, 1.165) is 12.1 Å². The zero-order chi connectivity index (χ0) is 16.8. The molecule has 0 saturated heterocycles. The van der Waals surface area contributed by atoms with E-state index in [1.54, 1.807) is 13.0 Å². The van der Waals surface area contributed by atoms with E-state index in [0.29, 0.717) is 0 Å². The lowest BCUT2D eigenvalue weighted by Crippen LogP contribution is -2.37. The number of alkyl halides is 2. The molecule has 120 valence electrons. The normalized spacial score (nSPS) is 12.5.